The van der Waals surface area contributed by atoms with Crippen LogP contribution < -0.4 is 9.64 Å². The van der Waals surface area contributed by atoms with Crippen LogP contribution in [0.1, 0.15) is 18.6 Å². The highest BCUT2D eigenvalue weighted by molar-refractivity contribution is 5.60. The maximum Gasteiger partial charge on any atom is 0.255 e. The first kappa shape index (κ1) is 13.7. The van der Waals surface area contributed by atoms with Gasteiger partial charge in [0.1, 0.15) is 5.75 Å². The Balaban J connectivity index is 3.13. The maximum atomic E-state index is 12.4. The van der Waals surface area contributed by atoms with Crippen molar-refractivity contribution in [2.75, 3.05) is 25.6 Å². The highest BCUT2D eigenvalue weighted by atomic mass is 19.3. The zero-order valence-electron chi connectivity index (χ0n) is 10.2. The Morgan fingerprint density at radius 3 is 2.53 bits per heavy atom. The average molecular weight is 245 g/mol. The number of methoxy groups -OCH3 is 1. The van der Waals surface area contributed by atoms with Gasteiger partial charge in [-0.15, -0.1) is 0 Å². The first-order chi connectivity index (χ1) is 7.97. The smallest absolute Gasteiger partial charge is 0.255 e. The first-order valence-electron chi connectivity index (χ1n) is 5.31. The van der Waals surface area contributed by atoms with Crippen molar-refractivity contribution >= 4 is 5.69 Å². The summed E-state index contributed by atoms with van der Waals surface area (Å²) in [5, 5.41) is 9.71. The molecular formula is C12H17F2NO2. The summed E-state index contributed by atoms with van der Waals surface area (Å²) in [6, 6.07) is 5.09. The molecule has 0 unspecified atom stereocenters. The summed E-state index contributed by atoms with van der Waals surface area (Å²) in [5.41, 5.74) is 1.08. The second-order valence-electron chi connectivity index (χ2n) is 3.84. The molecule has 1 atom stereocenters. The molecule has 0 radical (unpaired) electrons. The molecule has 17 heavy (non-hydrogen) atoms. The number of nitrogens with zero attached hydrogens (tertiary/aromatic N) is 1. The number of hydrogen-bond donors (Lipinski definition) is 1. The van der Waals surface area contributed by atoms with E-state index in [-0.39, 0.29) is 6.54 Å². The Kier molecular flexibility index (Phi) is 4.69. The molecule has 0 bridgehead atoms. The summed E-state index contributed by atoms with van der Waals surface area (Å²) in [6.45, 7) is 1.20. The largest absolute Gasteiger partial charge is 0.496 e. The molecule has 0 fully saturated rings. The molecule has 5 heteroatoms. The maximum absolute atomic E-state index is 12.4. The molecule has 0 saturated carbocycles. The van der Waals surface area contributed by atoms with E-state index < -0.39 is 12.5 Å². The molecule has 1 N–H and O–H groups in total. The lowest BCUT2D eigenvalue weighted by atomic mass is 10.1. The van der Waals surface area contributed by atoms with E-state index in [9.17, 15) is 13.9 Å². The first-order valence-corrected chi connectivity index (χ1v) is 5.31. The zero-order valence-corrected chi connectivity index (χ0v) is 10.2. The van der Waals surface area contributed by atoms with Crippen molar-refractivity contribution in [1.82, 2.24) is 0 Å². The third-order valence-electron chi connectivity index (χ3n) is 2.50. The lowest BCUT2D eigenvalue weighted by Gasteiger charge is -2.24. The Morgan fingerprint density at radius 1 is 1.41 bits per heavy atom. The standard InChI is InChI=1S/C12H17F2NO2/c1-8(16)12-9(15(2)7-11(13)14)5-4-6-10(12)17-3/h4-6,8,11,16H,7H2,1-3H3/t8-/m1/s1. The van der Waals surface area contributed by atoms with Crippen LogP contribution in [0.4, 0.5) is 14.5 Å². The Morgan fingerprint density at radius 2 is 2.06 bits per heavy atom. The second kappa shape index (κ2) is 5.82. The lowest BCUT2D eigenvalue weighted by molar-refractivity contribution is 0.155. The van der Waals surface area contributed by atoms with Gasteiger partial charge in [-0.3, -0.25) is 0 Å². The van der Waals surface area contributed by atoms with E-state index in [1.807, 2.05) is 0 Å². The quantitative estimate of drug-likeness (QED) is 0.865. The third kappa shape index (κ3) is 3.30. The number of rotatable bonds is 5. The van der Waals surface area contributed by atoms with Crippen LogP contribution in [0.15, 0.2) is 18.2 Å². The van der Waals surface area contributed by atoms with Crippen molar-refractivity contribution in [2.45, 2.75) is 19.5 Å². The van der Waals surface area contributed by atoms with Gasteiger partial charge in [0.15, 0.2) is 0 Å². The molecule has 0 heterocycles. The number of aliphatic hydroxyl groups is 1. The van der Waals surface area contributed by atoms with Crippen LogP contribution >= 0.6 is 0 Å². The summed E-state index contributed by atoms with van der Waals surface area (Å²) < 4.78 is 29.8. The van der Waals surface area contributed by atoms with E-state index in [2.05, 4.69) is 0 Å². The van der Waals surface area contributed by atoms with Gasteiger partial charge in [-0.2, -0.15) is 0 Å². The van der Waals surface area contributed by atoms with Crippen LogP contribution in [0.25, 0.3) is 0 Å². The Hall–Kier alpha value is -1.36. The predicted octanol–water partition coefficient (Wildman–Crippen LogP) is 2.45. The van der Waals surface area contributed by atoms with Gasteiger partial charge in [-0.25, -0.2) is 8.78 Å². The summed E-state index contributed by atoms with van der Waals surface area (Å²) in [6.07, 6.45) is -3.20. The van der Waals surface area contributed by atoms with Crippen molar-refractivity contribution in [3.05, 3.63) is 23.8 Å². The topological polar surface area (TPSA) is 32.7 Å². The summed E-state index contributed by atoms with van der Waals surface area (Å²) in [7, 11) is 3.05. The van der Waals surface area contributed by atoms with Gasteiger partial charge >= 0.3 is 0 Å². The van der Waals surface area contributed by atoms with E-state index >= 15 is 0 Å². The molecule has 3 nitrogen and oxygen atoms in total. The monoisotopic (exact) mass is 245 g/mol. The third-order valence-corrected chi connectivity index (χ3v) is 2.50. The highest BCUT2D eigenvalue weighted by Crippen LogP contribution is 2.34. The van der Waals surface area contributed by atoms with E-state index in [0.717, 1.165) is 0 Å². The minimum Gasteiger partial charge on any atom is -0.496 e. The minimum absolute atomic E-state index is 0.382. The fourth-order valence-corrected chi connectivity index (χ4v) is 1.77. The van der Waals surface area contributed by atoms with Gasteiger partial charge in [0, 0.05) is 18.3 Å². The molecule has 96 valence electrons. The van der Waals surface area contributed by atoms with Gasteiger partial charge in [0.2, 0.25) is 0 Å². The fourth-order valence-electron chi connectivity index (χ4n) is 1.77. The van der Waals surface area contributed by atoms with Crippen LogP contribution in [0.5, 0.6) is 5.75 Å². The van der Waals surface area contributed by atoms with Crippen LogP contribution in [0.2, 0.25) is 0 Å². The molecule has 0 spiro atoms. The number of aliphatic hydroxyl groups excluding tert-OH is 1. The fraction of sp³-hybridized carbons (Fsp3) is 0.500. The number of halogens is 2. The molecule has 0 aliphatic heterocycles. The van der Waals surface area contributed by atoms with E-state index in [4.69, 9.17) is 4.74 Å². The molecule has 0 amide bonds. The van der Waals surface area contributed by atoms with Crippen LogP contribution in [-0.4, -0.2) is 32.2 Å². The van der Waals surface area contributed by atoms with Crippen LogP contribution in [0.3, 0.4) is 0 Å². The number of hydrogen-bond acceptors (Lipinski definition) is 3. The van der Waals surface area contributed by atoms with Gasteiger partial charge in [-0.05, 0) is 19.1 Å². The normalized spacial score (nSPS) is 12.6. The van der Waals surface area contributed by atoms with Crippen molar-refractivity contribution in [2.24, 2.45) is 0 Å². The average Bonchev–Trinajstić information content (AvgIpc) is 2.26. The van der Waals surface area contributed by atoms with Crippen molar-refractivity contribution < 1.29 is 18.6 Å². The Bertz CT molecular complexity index is 370. The number of ether oxygens (including phenoxy) is 1. The van der Waals surface area contributed by atoms with E-state index in [0.29, 0.717) is 17.0 Å². The Labute approximate surface area is 99.6 Å². The van der Waals surface area contributed by atoms with Gasteiger partial charge in [-0.1, -0.05) is 6.07 Å². The number of benzene rings is 1. The zero-order chi connectivity index (χ0) is 13.0. The van der Waals surface area contributed by atoms with Gasteiger partial charge in [0.05, 0.1) is 19.8 Å². The predicted molar refractivity (Wildman–Crippen MR) is 62.9 cm³/mol. The number of anilines is 1. The molecule has 1 aromatic carbocycles. The summed E-state index contributed by atoms with van der Waals surface area (Å²) in [5.74, 6) is 0.499. The van der Waals surface area contributed by atoms with E-state index in [1.54, 1.807) is 32.2 Å². The SMILES string of the molecule is COc1cccc(N(C)CC(F)F)c1[C@@H](C)O. The summed E-state index contributed by atoms with van der Waals surface area (Å²) >= 11 is 0. The molecule has 0 saturated heterocycles. The molecule has 1 rings (SSSR count). The second-order valence-corrected chi connectivity index (χ2v) is 3.84. The van der Waals surface area contributed by atoms with Gasteiger partial charge in [0.25, 0.3) is 6.43 Å². The van der Waals surface area contributed by atoms with Crippen LogP contribution in [0, 0.1) is 0 Å². The van der Waals surface area contributed by atoms with E-state index in [1.165, 1.54) is 12.0 Å². The molecule has 0 aliphatic carbocycles. The molecule has 0 aliphatic rings. The highest BCUT2D eigenvalue weighted by Gasteiger charge is 2.18. The lowest BCUT2D eigenvalue weighted by Crippen LogP contribution is -2.25. The molecule has 0 aromatic heterocycles. The van der Waals surface area contributed by atoms with Crippen molar-refractivity contribution in [1.29, 1.82) is 0 Å². The molecular weight excluding hydrogens is 228 g/mol. The van der Waals surface area contributed by atoms with Crippen molar-refractivity contribution in [3.63, 3.8) is 0 Å². The van der Waals surface area contributed by atoms with Crippen molar-refractivity contribution in [3.8, 4) is 5.75 Å². The molecule has 1 aromatic rings. The van der Waals surface area contributed by atoms with Gasteiger partial charge < -0.3 is 14.7 Å². The minimum atomic E-state index is -2.42. The summed E-state index contributed by atoms with van der Waals surface area (Å²) in [4.78, 5) is 1.41. The number of alkyl halides is 2. The van der Waals surface area contributed by atoms with Crippen LogP contribution in [-0.2, 0) is 0 Å².